The molecule has 1 aromatic heterocycles. The summed E-state index contributed by atoms with van der Waals surface area (Å²) in [5.74, 6) is 0. The van der Waals surface area contributed by atoms with Gasteiger partial charge in [-0.2, -0.15) is 0 Å². The molecule has 2 nitrogen and oxygen atoms in total. The Labute approximate surface area is 124 Å². The lowest BCUT2D eigenvalue weighted by Gasteiger charge is -2.05. The van der Waals surface area contributed by atoms with Crippen LogP contribution in [0.15, 0.2) is 60.8 Å². The average Bonchev–Trinajstić information content (AvgIpc) is 2.81. The van der Waals surface area contributed by atoms with Crippen molar-refractivity contribution >= 4 is 16.3 Å². The van der Waals surface area contributed by atoms with Crippen LogP contribution in [-0.4, -0.2) is 6.54 Å². The molecule has 0 radical (unpaired) electrons. The first-order chi connectivity index (χ1) is 9.70. The number of nitrogen functional groups attached to an aromatic ring is 1. The van der Waals surface area contributed by atoms with E-state index in [1.807, 2.05) is 18.3 Å². The number of nitrogens with two attached hydrogens (primary N) is 1. The van der Waals surface area contributed by atoms with Crippen molar-refractivity contribution in [1.82, 2.24) is 5.32 Å². The monoisotopic (exact) mass is 284 g/mol. The van der Waals surface area contributed by atoms with E-state index in [1.54, 1.807) is 11.3 Å². The number of anilines is 1. The Morgan fingerprint density at radius 2 is 2.10 bits per heavy atom. The second-order valence-corrected chi connectivity index (χ2v) is 5.88. The highest BCUT2D eigenvalue weighted by atomic mass is 32.1. The Morgan fingerprint density at radius 3 is 2.80 bits per heavy atom. The molecule has 0 saturated carbocycles. The minimum absolute atomic E-state index is 0.787. The van der Waals surface area contributed by atoms with Crippen molar-refractivity contribution in [2.75, 3.05) is 12.3 Å². The fraction of sp³-hybridized carbons (Fsp3) is 0.176. The first kappa shape index (κ1) is 14.4. The van der Waals surface area contributed by atoms with E-state index < -0.39 is 0 Å². The molecule has 2 aromatic rings. The van der Waals surface area contributed by atoms with Crippen LogP contribution in [0.4, 0.5) is 5.00 Å². The highest BCUT2D eigenvalue weighted by Crippen LogP contribution is 2.34. The molecule has 0 spiro atoms. The molecule has 0 amide bonds. The molecule has 0 aliphatic carbocycles. The second kappa shape index (κ2) is 6.96. The van der Waals surface area contributed by atoms with Gasteiger partial charge in [-0.25, -0.2) is 0 Å². The Kier molecular flexibility index (Phi) is 5.02. The summed E-state index contributed by atoms with van der Waals surface area (Å²) in [4.78, 5) is 1.31. The van der Waals surface area contributed by atoms with Gasteiger partial charge in [0.05, 0.1) is 5.00 Å². The van der Waals surface area contributed by atoms with Crippen LogP contribution in [0.1, 0.15) is 11.8 Å². The summed E-state index contributed by atoms with van der Waals surface area (Å²) in [5.41, 5.74) is 9.73. The van der Waals surface area contributed by atoms with E-state index >= 15 is 0 Å². The van der Waals surface area contributed by atoms with Crippen LogP contribution in [0.2, 0.25) is 0 Å². The largest absolute Gasteiger partial charge is 0.391 e. The lowest BCUT2D eigenvalue weighted by atomic mass is 10.0. The summed E-state index contributed by atoms with van der Waals surface area (Å²) >= 11 is 1.67. The van der Waals surface area contributed by atoms with Gasteiger partial charge in [-0.05, 0) is 30.3 Å². The van der Waals surface area contributed by atoms with E-state index in [0.29, 0.717) is 0 Å². The van der Waals surface area contributed by atoms with Crippen LogP contribution in [0.25, 0.3) is 11.1 Å². The Balaban J connectivity index is 2.20. The molecule has 0 unspecified atom stereocenters. The third kappa shape index (κ3) is 3.75. The molecule has 0 fully saturated rings. The maximum absolute atomic E-state index is 5.98. The molecule has 0 bridgehead atoms. The fourth-order valence-electron chi connectivity index (χ4n) is 2.06. The summed E-state index contributed by atoms with van der Waals surface area (Å²) in [6.07, 6.45) is 4.81. The molecule has 2 rings (SSSR count). The van der Waals surface area contributed by atoms with E-state index in [0.717, 1.165) is 18.0 Å². The Morgan fingerprint density at radius 1 is 1.35 bits per heavy atom. The SMILES string of the molecule is C=CCN/C=C(\C)Cc1sc(N)cc1-c1ccccc1. The molecule has 0 aliphatic heterocycles. The van der Waals surface area contributed by atoms with Crippen LogP contribution in [-0.2, 0) is 6.42 Å². The predicted molar refractivity (Wildman–Crippen MR) is 89.8 cm³/mol. The summed E-state index contributed by atoms with van der Waals surface area (Å²) in [5, 5.41) is 4.08. The van der Waals surface area contributed by atoms with Gasteiger partial charge < -0.3 is 11.1 Å². The number of hydrogen-bond donors (Lipinski definition) is 2. The minimum atomic E-state index is 0.787. The molecular weight excluding hydrogens is 264 g/mol. The van der Waals surface area contributed by atoms with Gasteiger partial charge in [0.2, 0.25) is 0 Å². The van der Waals surface area contributed by atoms with Gasteiger partial charge in [0.15, 0.2) is 0 Å². The van der Waals surface area contributed by atoms with E-state index in [4.69, 9.17) is 5.73 Å². The van der Waals surface area contributed by atoms with Crippen LogP contribution < -0.4 is 11.1 Å². The smallest absolute Gasteiger partial charge is 0.0865 e. The van der Waals surface area contributed by atoms with Gasteiger partial charge in [0.25, 0.3) is 0 Å². The maximum Gasteiger partial charge on any atom is 0.0865 e. The van der Waals surface area contributed by atoms with Crippen molar-refractivity contribution in [3.8, 4) is 11.1 Å². The highest BCUT2D eigenvalue weighted by molar-refractivity contribution is 7.16. The highest BCUT2D eigenvalue weighted by Gasteiger charge is 2.09. The first-order valence-electron chi connectivity index (χ1n) is 6.64. The summed E-state index contributed by atoms with van der Waals surface area (Å²) in [6, 6.07) is 12.5. The molecule has 3 N–H and O–H groups in total. The lowest BCUT2D eigenvalue weighted by molar-refractivity contribution is 0.956. The molecule has 1 aromatic carbocycles. The van der Waals surface area contributed by atoms with Crippen molar-refractivity contribution in [3.63, 3.8) is 0 Å². The molecule has 0 aliphatic rings. The van der Waals surface area contributed by atoms with Gasteiger partial charge >= 0.3 is 0 Å². The van der Waals surface area contributed by atoms with Crippen molar-refractivity contribution in [3.05, 3.63) is 65.7 Å². The van der Waals surface area contributed by atoms with E-state index in [2.05, 4.69) is 49.2 Å². The Bertz CT molecular complexity index is 597. The van der Waals surface area contributed by atoms with Crippen molar-refractivity contribution < 1.29 is 0 Å². The quantitative estimate of drug-likeness (QED) is 0.615. The zero-order chi connectivity index (χ0) is 14.4. The van der Waals surface area contributed by atoms with Crippen molar-refractivity contribution in [1.29, 1.82) is 0 Å². The van der Waals surface area contributed by atoms with Gasteiger partial charge in [-0.3, -0.25) is 0 Å². The van der Waals surface area contributed by atoms with Crippen LogP contribution >= 0.6 is 11.3 Å². The fourth-order valence-corrected chi connectivity index (χ4v) is 3.11. The number of allylic oxidation sites excluding steroid dienone is 1. The zero-order valence-electron chi connectivity index (χ0n) is 11.7. The van der Waals surface area contributed by atoms with E-state index in [9.17, 15) is 0 Å². The molecular formula is C17H20N2S. The van der Waals surface area contributed by atoms with Crippen LogP contribution in [0.3, 0.4) is 0 Å². The molecule has 104 valence electrons. The first-order valence-corrected chi connectivity index (χ1v) is 7.46. The van der Waals surface area contributed by atoms with Crippen molar-refractivity contribution in [2.45, 2.75) is 13.3 Å². The lowest BCUT2D eigenvalue weighted by Crippen LogP contribution is -2.05. The third-order valence-electron chi connectivity index (χ3n) is 2.96. The minimum Gasteiger partial charge on any atom is -0.391 e. The molecule has 0 saturated heterocycles. The van der Waals surface area contributed by atoms with Gasteiger partial charge in [-0.1, -0.05) is 42.0 Å². The van der Waals surface area contributed by atoms with Crippen LogP contribution in [0, 0.1) is 0 Å². The van der Waals surface area contributed by atoms with Gasteiger partial charge in [-0.15, -0.1) is 17.9 Å². The molecule has 3 heteroatoms. The predicted octanol–water partition coefficient (Wildman–Crippen LogP) is 4.22. The third-order valence-corrected chi connectivity index (χ3v) is 3.93. The van der Waals surface area contributed by atoms with Gasteiger partial charge in [0.1, 0.15) is 0 Å². The zero-order valence-corrected chi connectivity index (χ0v) is 12.5. The standard InChI is InChI=1S/C17H20N2S/c1-3-9-19-12-13(2)10-16-15(11-17(18)20-16)14-7-5-4-6-8-14/h3-8,11-12,19H,1,9-10,18H2,2H3/b13-12+. The maximum atomic E-state index is 5.98. The second-order valence-electron chi connectivity index (χ2n) is 4.72. The molecule has 1 heterocycles. The normalized spacial score (nSPS) is 11.3. The Hall–Kier alpha value is -2.00. The van der Waals surface area contributed by atoms with E-state index in [-0.39, 0.29) is 0 Å². The summed E-state index contributed by atoms with van der Waals surface area (Å²) < 4.78 is 0. The molecule has 20 heavy (non-hydrogen) atoms. The van der Waals surface area contributed by atoms with Gasteiger partial charge in [0, 0.05) is 17.8 Å². The molecule has 0 atom stereocenters. The number of thiophene rings is 1. The average molecular weight is 284 g/mol. The van der Waals surface area contributed by atoms with Crippen molar-refractivity contribution in [2.24, 2.45) is 0 Å². The number of benzene rings is 1. The van der Waals surface area contributed by atoms with Crippen LogP contribution in [0.5, 0.6) is 0 Å². The summed E-state index contributed by atoms with van der Waals surface area (Å²) in [7, 11) is 0. The number of rotatable bonds is 6. The van der Waals surface area contributed by atoms with E-state index in [1.165, 1.54) is 21.6 Å². The number of nitrogens with one attached hydrogen (secondary N) is 1. The topological polar surface area (TPSA) is 38.0 Å². The number of hydrogen-bond acceptors (Lipinski definition) is 3. The summed E-state index contributed by atoms with van der Waals surface area (Å²) in [6.45, 7) is 6.61.